The molecule has 0 radical (unpaired) electrons. The van der Waals surface area contributed by atoms with Gasteiger partial charge in [-0.05, 0) is 54.3 Å². The van der Waals surface area contributed by atoms with Crippen molar-refractivity contribution in [3.8, 4) is 0 Å². The van der Waals surface area contributed by atoms with Crippen LogP contribution in [0.25, 0.3) is 11.0 Å². The lowest BCUT2D eigenvalue weighted by molar-refractivity contribution is 0.0505. The van der Waals surface area contributed by atoms with Gasteiger partial charge in [0.1, 0.15) is 4.21 Å². The normalized spacial score (nSPS) is 11.3. The maximum Gasteiger partial charge on any atom is 0.338 e. The van der Waals surface area contributed by atoms with Crippen LogP contribution in [-0.2, 0) is 14.8 Å². The summed E-state index contributed by atoms with van der Waals surface area (Å²) in [6.07, 6.45) is 0.746. The number of carbonyl (C=O) groups excluding carboxylic acids is 1. The summed E-state index contributed by atoms with van der Waals surface area (Å²) in [6.45, 7) is 2.29. The van der Waals surface area contributed by atoms with E-state index in [1.165, 1.54) is 6.07 Å². The predicted molar refractivity (Wildman–Crippen MR) is 125 cm³/mol. The predicted octanol–water partition coefficient (Wildman–Crippen LogP) is 4.80. The van der Waals surface area contributed by atoms with Gasteiger partial charge in [0.05, 0.1) is 23.2 Å². The molecule has 0 aliphatic heterocycles. The summed E-state index contributed by atoms with van der Waals surface area (Å²) < 4.78 is 33.4. The molecule has 2 aromatic carbocycles. The molecule has 2 aromatic heterocycles. The minimum absolute atomic E-state index is 0.0727. The van der Waals surface area contributed by atoms with Crippen LogP contribution < -0.4 is 10.0 Å². The minimum atomic E-state index is -3.82. The van der Waals surface area contributed by atoms with E-state index < -0.39 is 16.0 Å². The van der Waals surface area contributed by atoms with Crippen molar-refractivity contribution in [3.05, 3.63) is 71.6 Å². The van der Waals surface area contributed by atoms with Gasteiger partial charge < -0.3 is 10.1 Å². The van der Waals surface area contributed by atoms with Crippen LogP contribution in [0.15, 0.2) is 70.3 Å². The van der Waals surface area contributed by atoms with Gasteiger partial charge in [-0.1, -0.05) is 25.1 Å². The van der Waals surface area contributed by atoms with Crippen LogP contribution in [0.2, 0.25) is 0 Å². The second-order valence-corrected chi connectivity index (χ2v) is 9.64. The molecule has 8 nitrogen and oxygen atoms in total. The Hall–Kier alpha value is -3.50. The third kappa shape index (κ3) is 4.87. The summed E-state index contributed by atoms with van der Waals surface area (Å²) in [5.74, 6) is -0.0815. The first kappa shape index (κ1) is 21.7. The zero-order valence-corrected chi connectivity index (χ0v) is 18.7. The number of nitrogens with one attached hydrogen (secondary N) is 2. The molecule has 164 valence electrons. The highest BCUT2D eigenvalue weighted by Gasteiger charge is 2.20. The van der Waals surface area contributed by atoms with Gasteiger partial charge in [-0.15, -0.1) is 11.3 Å². The van der Waals surface area contributed by atoms with Crippen LogP contribution in [-0.4, -0.2) is 31.0 Å². The average molecular weight is 469 g/mol. The molecule has 0 atom stereocenters. The third-order valence-electron chi connectivity index (χ3n) is 4.38. The molecule has 4 aromatic rings. The number of esters is 1. The van der Waals surface area contributed by atoms with E-state index in [9.17, 15) is 13.2 Å². The number of rotatable bonds is 8. The standard InChI is InChI=1S/C22H20N4O4S2/c1-2-13-30-22(27)15-9-11-16(12-10-15)23-20-21(25-18-7-4-3-6-17(18)24-20)26-32(28,29)19-8-5-14-31-19/h3-12,14H,2,13H2,1H3,(H,23,24)(H,25,26). The van der Waals surface area contributed by atoms with Crippen molar-refractivity contribution in [1.29, 1.82) is 0 Å². The lowest BCUT2D eigenvalue weighted by Crippen LogP contribution is -2.15. The van der Waals surface area contributed by atoms with E-state index in [0.29, 0.717) is 28.9 Å². The van der Waals surface area contributed by atoms with Crippen LogP contribution in [0, 0.1) is 0 Å². The van der Waals surface area contributed by atoms with Crippen molar-refractivity contribution in [2.45, 2.75) is 17.6 Å². The molecule has 0 saturated carbocycles. The number of sulfonamides is 1. The molecule has 0 aliphatic carbocycles. The van der Waals surface area contributed by atoms with Crippen LogP contribution in [0.1, 0.15) is 23.7 Å². The number of fused-ring (bicyclic) bond motifs is 1. The molecule has 0 fully saturated rings. The largest absolute Gasteiger partial charge is 0.462 e. The highest BCUT2D eigenvalue weighted by Crippen LogP contribution is 2.28. The van der Waals surface area contributed by atoms with Crippen molar-refractivity contribution in [3.63, 3.8) is 0 Å². The number of hydrogen-bond acceptors (Lipinski definition) is 8. The van der Waals surface area contributed by atoms with Gasteiger partial charge in [0, 0.05) is 5.69 Å². The van der Waals surface area contributed by atoms with E-state index in [4.69, 9.17) is 4.74 Å². The number of nitrogens with zero attached hydrogens (tertiary/aromatic N) is 2. The Balaban J connectivity index is 1.65. The maximum absolute atomic E-state index is 12.8. The quantitative estimate of drug-likeness (QED) is 0.357. The highest BCUT2D eigenvalue weighted by molar-refractivity contribution is 7.94. The zero-order valence-electron chi connectivity index (χ0n) is 17.1. The zero-order chi connectivity index (χ0) is 22.6. The fraction of sp³-hybridized carbons (Fsp3) is 0.136. The summed E-state index contributed by atoms with van der Waals surface area (Å²) in [7, 11) is -3.82. The van der Waals surface area contributed by atoms with Crippen LogP contribution in [0.3, 0.4) is 0 Å². The summed E-state index contributed by atoms with van der Waals surface area (Å²) in [4.78, 5) is 21.0. The molecular formula is C22H20N4O4S2. The van der Waals surface area contributed by atoms with Crippen molar-refractivity contribution in [2.24, 2.45) is 0 Å². The molecule has 0 saturated heterocycles. The molecule has 0 unspecified atom stereocenters. The Bertz CT molecular complexity index is 1340. The van der Waals surface area contributed by atoms with Crippen molar-refractivity contribution >= 4 is 55.7 Å². The van der Waals surface area contributed by atoms with Gasteiger partial charge in [0.25, 0.3) is 10.0 Å². The first-order valence-corrected chi connectivity index (χ1v) is 12.2. The number of ether oxygens (including phenoxy) is 1. The number of anilines is 3. The van der Waals surface area contributed by atoms with Crippen molar-refractivity contribution < 1.29 is 17.9 Å². The first-order valence-electron chi connectivity index (χ1n) is 9.83. The van der Waals surface area contributed by atoms with E-state index in [2.05, 4.69) is 20.0 Å². The summed E-state index contributed by atoms with van der Waals surface area (Å²) >= 11 is 1.11. The fourth-order valence-corrected chi connectivity index (χ4v) is 4.86. The highest BCUT2D eigenvalue weighted by atomic mass is 32.2. The second-order valence-electron chi connectivity index (χ2n) is 6.79. The Morgan fingerprint density at radius 1 is 0.969 bits per heavy atom. The Kier molecular flexibility index (Phi) is 6.33. The number of carbonyl (C=O) groups is 1. The number of hydrogen-bond donors (Lipinski definition) is 2. The topological polar surface area (TPSA) is 110 Å². The summed E-state index contributed by atoms with van der Waals surface area (Å²) in [5, 5.41) is 4.78. The molecular weight excluding hydrogens is 448 g/mol. The second kappa shape index (κ2) is 9.33. The van der Waals surface area contributed by atoms with Gasteiger partial charge in [-0.3, -0.25) is 4.72 Å². The number of thiophene rings is 1. The number of aromatic nitrogens is 2. The Morgan fingerprint density at radius 2 is 1.66 bits per heavy atom. The minimum Gasteiger partial charge on any atom is -0.462 e. The van der Waals surface area contributed by atoms with Crippen LogP contribution in [0.4, 0.5) is 17.3 Å². The number of benzene rings is 2. The first-order chi connectivity index (χ1) is 15.5. The van der Waals surface area contributed by atoms with E-state index >= 15 is 0 Å². The molecule has 4 rings (SSSR count). The fourth-order valence-electron chi connectivity index (χ4n) is 2.86. The maximum atomic E-state index is 12.8. The molecule has 0 amide bonds. The van der Waals surface area contributed by atoms with Crippen molar-refractivity contribution in [1.82, 2.24) is 9.97 Å². The van der Waals surface area contributed by atoms with Crippen LogP contribution in [0.5, 0.6) is 0 Å². The summed E-state index contributed by atoms with van der Waals surface area (Å²) in [6, 6.07) is 17.0. The average Bonchev–Trinajstić information content (AvgIpc) is 3.34. The molecule has 2 N–H and O–H groups in total. The Labute approximate surface area is 189 Å². The SMILES string of the molecule is CCCOC(=O)c1ccc(Nc2nc3ccccc3nc2NS(=O)(=O)c2cccs2)cc1. The molecule has 0 spiro atoms. The molecule has 0 bridgehead atoms. The number of para-hydroxylation sites is 2. The molecule has 2 heterocycles. The van der Waals surface area contributed by atoms with Gasteiger partial charge in [0.15, 0.2) is 11.6 Å². The summed E-state index contributed by atoms with van der Waals surface area (Å²) in [5.41, 5.74) is 2.19. The molecule has 10 heteroatoms. The Morgan fingerprint density at radius 3 is 2.28 bits per heavy atom. The molecule has 0 aliphatic rings. The van der Waals surface area contributed by atoms with Gasteiger partial charge in [-0.2, -0.15) is 0 Å². The van der Waals surface area contributed by atoms with Gasteiger partial charge in [-0.25, -0.2) is 23.2 Å². The monoisotopic (exact) mass is 468 g/mol. The van der Waals surface area contributed by atoms with Gasteiger partial charge >= 0.3 is 5.97 Å². The van der Waals surface area contributed by atoms with E-state index in [0.717, 1.165) is 17.8 Å². The lowest BCUT2D eigenvalue weighted by atomic mass is 10.2. The van der Waals surface area contributed by atoms with Gasteiger partial charge in [0.2, 0.25) is 0 Å². The lowest BCUT2D eigenvalue weighted by Gasteiger charge is -2.13. The van der Waals surface area contributed by atoms with E-state index in [1.54, 1.807) is 53.9 Å². The van der Waals surface area contributed by atoms with E-state index in [1.807, 2.05) is 13.0 Å². The third-order valence-corrected chi connectivity index (χ3v) is 7.12. The smallest absolute Gasteiger partial charge is 0.338 e. The molecule has 32 heavy (non-hydrogen) atoms. The van der Waals surface area contributed by atoms with Crippen LogP contribution >= 0.6 is 11.3 Å². The van der Waals surface area contributed by atoms with E-state index in [-0.39, 0.29) is 15.8 Å². The van der Waals surface area contributed by atoms with Crippen molar-refractivity contribution in [2.75, 3.05) is 16.6 Å².